The van der Waals surface area contributed by atoms with E-state index in [1.807, 2.05) is 0 Å². The second-order valence-electron chi connectivity index (χ2n) is 7.46. The van der Waals surface area contributed by atoms with Crippen LogP contribution in [-0.4, -0.2) is 47.7 Å². The Morgan fingerprint density at radius 1 is 1.11 bits per heavy atom. The van der Waals surface area contributed by atoms with Crippen LogP contribution in [0.3, 0.4) is 0 Å². The van der Waals surface area contributed by atoms with Crippen molar-refractivity contribution in [1.29, 1.82) is 0 Å². The summed E-state index contributed by atoms with van der Waals surface area (Å²) in [5.41, 5.74) is 5.58. The number of piperazine rings is 1. The van der Waals surface area contributed by atoms with Crippen molar-refractivity contribution in [3.05, 3.63) is 65.1 Å². The second kappa shape index (κ2) is 7.33. The Bertz CT molecular complexity index is 944. The van der Waals surface area contributed by atoms with Gasteiger partial charge in [-0.3, -0.25) is 4.90 Å². The smallest absolute Gasteiger partial charge is 0.123 e. The maximum absolute atomic E-state index is 13.6. The largest absolute Gasteiger partial charge is 0.387 e. The van der Waals surface area contributed by atoms with E-state index < -0.39 is 6.10 Å². The molecule has 0 spiro atoms. The normalized spacial score (nSPS) is 16.8. The minimum absolute atomic E-state index is 0.280. The molecule has 0 radical (unpaired) electrons. The lowest BCUT2D eigenvalue weighted by molar-refractivity contribution is 0.110. The molecule has 4 nitrogen and oxygen atoms in total. The number of hydrogen-bond donors (Lipinski definition) is 2. The molecular formula is C22H26FN3O. The number of aromatic amines is 1. The molecule has 1 aliphatic rings. The molecule has 0 saturated carbocycles. The molecular weight excluding hydrogens is 341 g/mol. The second-order valence-corrected chi connectivity index (χ2v) is 7.46. The maximum Gasteiger partial charge on any atom is 0.123 e. The molecule has 1 fully saturated rings. The summed E-state index contributed by atoms with van der Waals surface area (Å²) in [5.74, 6) is -0.280. The highest BCUT2D eigenvalue weighted by atomic mass is 19.1. The number of H-pyrrole nitrogens is 1. The first kappa shape index (κ1) is 18.0. The number of aryl methyl sites for hydroxylation is 1. The van der Waals surface area contributed by atoms with Crippen molar-refractivity contribution >= 4 is 16.6 Å². The van der Waals surface area contributed by atoms with E-state index in [1.165, 1.54) is 28.9 Å². The highest BCUT2D eigenvalue weighted by molar-refractivity contribution is 5.83. The molecule has 4 rings (SSSR count). The van der Waals surface area contributed by atoms with Crippen molar-refractivity contribution in [2.24, 2.45) is 0 Å². The van der Waals surface area contributed by atoms with Crippen LogP contribution in [0.15, 0.2) is 42.6 Å². The quantitative estimate of drug-likeness (QED) is 0.737. The number of benzene rings is 2. The Balaban J connectivity index is 1.41. The fourth-order valence-corrected chi connectivity index (χ4v) is 3.98. The van der Waals surface area contributed by atoms with Crippen LogP contribution >= 0.6 is 0 Å². The number of anilines is 1. The molecule has 2 heterocycles. The molecule has 2 aromatic carbocycles. The van der Waals surface area contributed by atoms with Crippen LogP contribution < -0.4 is 4.90 Å². The number of fused-ring (bicyclic) bond motifs is 1. The molecule has 27 heavy (non-hydrogen) atoms. The first-order valence-electron chi connectivity index (χ1n) is 9.51. The Hall–Kier alpha value is -2.37. The summed E-state index contributed by atoms with van der Waals surface area (Å²) in [6.45, 7) is 8.58. The SMILES string of the molecule is Cc1cccc(N2CCN(CC(O)c3c[nH]c4ccc(F)cc34)CC2)c1C. The third-order valence-corrected chi connectivity index (χ3v) is 5.75. The van der Waals surface area contributed by atoms with Gasteiger partial charge < -0.3 is 15.0 Å². The highest BCUT2D eigenvalue weighted by Crippen LogP contribution is 2.27. The number of aliphatic hydroxyl groups excluding tert-OH is 1. The Kier molecular flexibility index (Phi) is 4.89. The van der Waals surface area contributed by atoms with Gasteiger partial charge in [-0.15, -0.1) is 0 Å². The van der Waals surface area contributed by atoms with Crippen LogP contribution in [0, 0.1) is 19.7 Å². The van der Waals surface area contributed by atoms with Gasteiger partial charge in [-0.25, -0.2) is 4.39 Å². The summed E-state index contributed by atoms with van der Waals surface area (Å²) in [7, 11) is 0. The number of nitrogens with one attached hydrogen (secondary N) is 1. The van der Waals surface area contributed by atoms with Gasteiger partial charge in [0.25, 0.3) is 0 Å². The fraction of sp³-hybridized carbons (Fsp3) is 0.364. The Morgan fingerprint density at radius 2 is 1.89 bits per heavy atom. The molecule has 3 aromatic rings. The number of hydrogen-bond acceptors (Lipinski definition) is 3. The van der Waals surface area contributed by atoms with Gasteiger partial charge in [0.2, 0.25) is 0 Å². The van der Waals surface area contributed by atoms with Gasteiger partial charge in [-0.2, -0.15) is 0 Å². The van der Waals surface area contributed by atoms with Crippen molar-refractivity contribution in [2.75, 3.05) is 37.6 Å². The average Bonchev–Trinajstić information content (AvgIpc) is 3.08. The highest BCUT2D eigenvalue weighted by Gasteiger charge is 2.22. The van der Waals surface area contributed by atoms with Crippen LogP contribution in [0.5, 0.6) is 0 Å². The number of β-amino-alcohol motifs (C(OH)–C–C–N with tert-alkyl or cyclic N) is 1. The molecule has 0 amide bonds. The predicted molar refractivity (Wildman–Crippen MR) is 108 cm³/mol. The van der Waals surface area contributed by atoms with Gasteiger partial charge in [-0.05, 0) is 49.2 Å². The minimum atomic E-state index is -0.632. The number of aliphatic hydroxyl groups is 1. The number of nitrogens with zero attached hydrogens (tertiary/aromatic N) is 2. The van der Waals surface area contributed by atoms with Gasteiger partial charge in [0.15, 0.2) is 0 Å². The standard InChI is InChI=1S/C22H26FN3O/c1-15-4-3-5-21(16(15)2)26-10-8-25(9-11-26)14-22(27)19-13-24-20-7-6-17(23)12-18(19)20/h3-7,12-13,22,24,27H,8-11,14H2,1-2H3. The summed E-state index contributed by atoms with van der Waals surface area (Å²) in [5, 5.41) is 11.5. The number of rotatable bonds is 4. The summed E-state index contributed by atoms with van der Waals surface area (Å²) in [6, 6.07) is 11.1. The van der Waals surface area contributed by atoms with Crippen LogP contribution in [0.25, 0.3) is 10.9 Å². The first-order valence-corrected chi connectivity index (χ1v) is 9.51. The molecule has 1 unspecified atom stereocenters. The van der Waals surface area contributed by atoms with Crippen molar-refractivity contribution in [3.8, 4) is 0 Å². The van der Waals surface area contributed by atoms with Crippen molar-refractivity contribution in [2.45, 2.75) is 20.0 Å². The summed E-state index contributed by atoms with van der Waals surface area (Å²) >= 11 is 0. The molecule has 1 saturated heterocycles. The molecule has 1 aromatic heterocycles. The zero-order valence-corrected chi connectivity index (χ0v) is 15.9. The molecule has 1 atom stereocenters. The third kappa shape index (κ3) is 3.57. The summed E-state index contributed by atoms with van der Waals surface area (Å²) in [4.78, 5) is 7.83. The average molecular weight is 367 g/mol. The first-order chi connectivity index (χ1) is 13.0. The number of halogens is 1. The van der Waals surface area contributed by atoms with Gasteiger partial charge in [0.05, 0.1) is 6.10 Å². The van der Waals surface area contributed by atoms with Gasteiger partial charge >= 0.3 is 0 Å². The molecule has 2 N–H and O–H groups in total. The van der Waals surface area contributed by atoms with Crippen LogP contribution in [0.4, 0.5) is 10.1 Å². The van der Waals surface area contributed by atoms with Crippen molar-refractivity contribution in [1.82, 2.24) is 9.88 Å². The Labute approximate surface area is 159 Å². The zero-order valence-electron chi connectivity index (χ0n) is 15.9. The van der Waals surface area contributed by atoms with E-state index in [9.17, 15) is 9.50 Å². The lowest BCUT2D eigenvalue weighted by atomic mass is 10.1. The molecule has 0 aliphatic carbocycles. The zero-order chi connectivity index (χ0) is 19.0. The topological polar surface area (TPSA) is 42.5 Å². The third-order valence-electron chi connectivity index (χ3n) is 5.75. The predicted octanol–water partition coefficient (Wildman–Crippen LogP) is 3.78. The number of aromatic nitrogens is 1. The molecule has 5 heteroatoms. The molecule has 142 valence electrons. The van der Waals surface area contributed by atoms with Gasteiger partial charge in [0.1, 0.15) is 5.82 Å². The van der Waals surface area contributed by atoms with E-state index in [2.05, 4.69) is 46.8 Å². The lowest BCUT2D eigenvalue weighted by Gasteiger charge is -2.37. The van der Waals surface area contributed by atoms with E-state index in [0.717, 1.165) is 42.6 Å². The minimum Gasteiger partial charge on any atom is -0.387 e. The van der Waals surface area contributed by atoms with Gasteiger partial charge in [-0.1, -0.05) is 12.1 Å². The fourth-order valence-electron chi connectivity index (χ4n) is 3.98. The van der Waals surface area contributed by atoms with E-state index >= 15 is 0 Å². The maximum atomic E-state index is 13.6. The van der Waals surface area contributed by atoms with Crippen molar-refractivity contribution in [3.63, 3.8) is 0 Å². The van der Waals surface area contributed by atoms with Crippen LogP contribution in [-0.2, 0) is 0 Å². The van der Waals surface area contributed by atoms with E-state index in [0.29, 0.717) is 6.54 Å². The van der Waals surface area contributed by atoms with Gasteiger partial charge in [0, 0.05) is 61.1 Å². The summed E-state index contributed by atoms with van der Waals surface area (Å²) in [6.07, 6.45) is 1.16. The monoisotopic (exact) mass is 367 g/mol. The van der Waals surface area contributed by atoms with Crippen LogP contribution in [0.2, 0.25) is 0 Å². The Morgan fingerprint density at radius 3 is 2.67 bits per heavy atom. The summed E-state index contributed by atoms with van der Waals surface area (Å²) < 4.78 is 13.6. The molecule has 1 aliphatic heterocycles. The van der Waals surface area contributed by atoms with E-state index in [-0.39, 0.29) is 5.82 Å². The van der Waals surface area contributed by atoms with E-state index in [4.69, 9.17) is 0 Å². The molecule has 0 bridgehead atoms. The lowest BCUT2D eigenvalue weighted by Crippen LogP contribution is -2.47. The van der Waals surface area contributed by atoms with E-state index in [1.54, 1.807) is 12.3 Å². The van der Waals surface area contributed by atoms with Crippen LogP contribution in [0.1, 0.15) is 22.8 Å². The van der Waals surface area contributed by atoms with Crippen molar-refractivity contribution < 1.29 is 9.50 Å².